The number of carbonyl (C=O) groups is 2. The summed E-state index contributed by atoms with van der Waals surface area (Å²) in [5, 5.41) is 6.28. The Kier molecular flexibility index (Phi) is 5.63. The zero-order chi connectivity index (χ0) is 22.1. The molecule has 0 spiro atoms. The molecule has 2 aliphatic rings. The Morgan fingerprint density at radius 1 is 1.16 bits per heavy atom. The monoisotopic (exact) mass is 417 g/mol. The molecule has 1 aromatic carbocycles. The van der Waals surface area contributed by atoms with Crippen molar-refractivity contribution in [1.29, 1.82) is 0 Å². The highest BCUT2D eigenvalue weighted by atomic mass is 16.5. The second kappa shape index (κ2) is 8.38. The number of Topliss-reactive ketones (excluding diaryl/α,β-unsaturated/α-hetero) is 1. The molecule has 1 aliphatic carbocycles. The van der Waals surface area contributed by atoms with E-state index in [4.69, 9.17) is 4.74 Å². The number of dihydropyridines is 1. The number of pyridine rings is 1. The van der Waals surface area contributed by atoms with Gasteiger partial charge in [0.05, 0.1) is 7.11 Å². The maximum atomic E-state index is 13.5. The largest absolute Gasteiger partial charge is 0.497 e. The lowest BCUT2D eigenvalue weighted by atomic mass is 9.73. The summed E-state index contributed by atoms with van der Waals surface area (Å²) in [6.45, 7) is 5.84. The molecule has 0 saturated heterocycles. The molecule has 1 aromatic heterocycles. The summed E-state index contributed by atoms with van der Waals surface area (Å²) in [6, 6.07) is 13.1. The average Bonchev–Trinajstić information content (AvgIpc) is 2.72. The normalized spacial score (nSPS) is 20.8. The molecule has 0 bridgehead atoms. The number of aromatic nitrogens is 1. The predicted octanol–water partition coefficient (Wildman–Crippen LogP) is 4.25. The summed E-state index contributed by atoms with van der Waals surface area (Å²) in [4.78, 5) is 31.0. The second-order valence-electron chi connectivity index (χ2n) is 8.32. The van der Waals surface area contributed by atoms with E-state index in [-0.39, 0.29) is 17.6 Å². The van der Waals surface area contributed by atoms with Gasteiger partial charge >= 0.3 is 0 Å². The number of hydrogen-bond donors (Lipinski definition) is 2. The molecule has 160 valence electrons. The van der Waals surface area contributed by atoms with Gasteiger partial charge in [0.1, 0.15) is 11.6 Å². The van der Waals surface area contributed by atoms with Crippen LogP contribution in [0.2, 0.25) is 0 Å². The van der Waals surface area contributed by atoms with E-state index in [1.54, 1.807) is 13.2 Å². The van der Waals surface area contributed by atoms with Crippen molar-refractivity contribution in [2.45, 2.75) is 39.5 Å². The van der Waals surface area contributed by atoms with Gasteiger partial charge in [0, 0.05) is 40.6 Å². The Morgan fingerprint density at radius 2 is 1.94 bits per heavy atom. The fourth-order valence-electron chi connectivity index (χ4n) is 4.49. The van der Waals surface area contributed by atoms with Crippen molar-refractivity contribution in [2.75, 3.05) is 12.4 Å². The minimum Gasteiger partial charge on any atom is -0.497 e. The number of methoxy groups -OCH3 is 1. The zero-order valence-corrected chi connectivity index (χ0v) is 18.3. The quantitative estimate of drug-likeness (QED) is 0.777. The van der Waals surface area contributed by atoms with Crippen LogP contribution in [-0.4, -0.2) is 23.8 Å². The predicted molar refractivity (Wildman–Crippen MR) is 120 cm³/mol. The lowest BCUT2D eigenvalue weighted by Gasteiger charge is -2.36. The first-order valence-corrected chi connectivity index (χ1v) is 10.5. The molecule has 6 heteroatoms. The van der Waals surface area contributed by atoms with Gasteiger partial charge in [-0.1, -0.05) is 25.1 Å². The summed E-state index contributed by atoms with van der Waals surface area (Å²) < 4.78 is 5.41. The number of hydrogen-bond acceptors (Lipinski definition) is 5. The van der Waals surface area contributed by atoms with Crippen molar-refractivity contribution < 1.29 is 14.3 Å². The Bertz CT molecular complexity index is 1120. The van der Waals surface area contributed by atoms with Crippen molar-refractivity contribution in [3.05, 3.63) is 76.3 Å². The van der Waals surface area contributed by atoms with Gasteiger partial charge in [-0.2, -0.15) is 0 Å². The molecule has 4 rings (SSSR count). The number of rotatable bonds is 4. The first kappa shape index (κ1) is 20.8. The lowest BCUT2D eigenvalue weighted by molar-refractivity contribution is -0.117. The van der Waals surface area contributed by atoms with Crippen LogP contribution in [0.5, 0.6) is 5.75 Å². The summed E-state index contributed by atoms with van der Waals surface area (Å²) in [5.41, 5.74) is 4.55. The van der Waals surface area contributed by atoms with Crippen molar-refractivity contribution in [2.24, 2.45) is 5.92 Å². The Hall–Kier alpha value is -3.41. The molecule has 2 atom stereocenters. The molecule has 6 nitrogen and oxygen atoms in total. The van der Waals surface area contributed by atoms with E-state index in [1.165, 1.54) is 0 Å². The number of aryl methyl sites for hydroxylation is 1. The minimum absolute atomic E-state index is 0.0838. The lowest BCUT2D eigenvalue weighted by Crippen LogP contribution is -2.37. The highest BCUT2D eigenvalue weighted by molar-refractivity contribution is 6.09. The van der Waals surface area contributed by atoms with Gasteiger partial charge < -0.3 is 15.4 Å². The fraction of sp³-hybridized carbons (Fsp3) is 0.320. The molecular weight excluding hydrogens is 390 g/mol. The van der Waals surface area contributed by atoms with Gasteiger partial charge in [-0.05, 0) is 56.0 Å². The van der Waals surface area contributed by atoms with E-state index in [0.29, 0.717) is 29.1 Å². The first-order chi connectivity index (χ1) is 14.9. The van der Waals surface area contributed by atoms with Gasteiger partial charge in [0.15, 0.2) is 5.78 Å². The van der Waals surface area contributed by atoms with Gasteiger partial charge in [-0.3, -0.25) is 9.59 Å². The number of allylic oxidation sites excluding steroid dienone is 3. The van der Waals surface area contributed by atoms with Gasteiger partial charge in [0.2, 0.25) is 0 Å². The number of nitrogens with zero attached hydrogens (tertiary/aromatic N) is 1. The Labute approximate surface area is 182 Å². The van der Waals surface area contributed by atoms with E-state index in [0.717, 1.165) is 29.1 Å². The number of carbonyl (C=O) groups excluding carboxylic acids is 2. The summed E-state index contributed by atoms with van der Waals surface area (Å²) in [5.74, 6) is 0.792. The number of nitrogens with one attached hydrogen (secondary N) is 2. The highest BCUT2D eigenvalue weighted by Gasteiger charge is 2.40. The third kappa shape index (κ3) is 4.10. The smallest absolute Gasteiger partial charge is 0.255 e. The van der Waals surface area contributed by atoms with E-state index < -0.39 is 5.92 Å². The van der Waals surface area contributed by atoms with Crippen LogP contribution >= 0.6 is 0 Å². The van der Waals surface area contributed by atoms with Crippen LogP contribution in [-0.2, 0) is 9.59 Å². The van der Waals surface area contributed by atoms with Crippen LogP contribution in [0.4, 0.5) is 5.82 Å². The molecule has 1 aliphatic heterocycles. The maximum Gasteiger partial charge on any atom is 0.255 e. The first-order valence-electron chi connectivity index (χ1n) is 10.5. The third-order valence-electron chi connectivity index (χ3n) is 5.83. The maximum absolute atomic E-state index is 13.5. The van der Waals surface area contributed by atoms with E-state index >= 15 is 0 Å². The van der Waals surface area contributed by atoms with Crippen molar-refractivity contribution in [3.8, 4) is 5.75 Å². The summed E-state index contributed by atoms with van der Waals surface area (Å²) in [7, 11) is 1.61. The standard InChI is InChI=1S/C25H27N3O3/c1-14-11-19-24(20(29)12-14)23(17-8-6-9-18(13-17)31-4)22(16(3)27-19)25(30)28-21-10-5-7-15(2)26-21/h5-10,13-14,23,27H,11-12H2,1-4H3,(H,26,28,30)/t14-,23-/m0/s1. The van der Waals surface area contributed by atoms with E-state index in [9.17, 15) is 9.59 Å². The molecule has 31 heavy (non-hydrogen) atoms. The molecule has 2 aromatic rings. The SMILES string of the molecule is COc1cccc([C@H]2C(C(=O)Nc3cccc(C)n3)=C(C)NC3=C2C(=O)C[C@@H](C)C3)c1. The van der Waals surface area contributed by atoms with Crippen LogP contribution in [0.15, 0.2) is 65.0 Å². The van der Waals surface area contributed by atoms with Crippen LogP contribution in [0, 0.1) is 12.8 Å². The number of ketones is 1. The molecule has 0 saturated carbocycles. The molecule has 1 amide bonds. The molecule has 2 heterocycles. The minimum atomic E-state index is -0.462. The van der Waals surface area contributed by atoms with Crippen LogP contribution in [0.1, 0.15) is 43.9 Å². The van der Waals surface area contributed by atoms with Crippen molar-refractivity contribution in [1.82, 2.24) is 10.3 Å². The molecule has 0 unspecified atom stereocenters. The number of benzene rings is 1. The van der Waals surface area contributed by atoms with Crippen molar-refractivity contribution in [3.63, 3.8) is 0 Å². The fourth-order valence-corrected chi connectivity index (χ4v) is 4.49. The summed E-state index contributed by atoms with van der Waals surface area (Å²) >= 11 is 0. The summed E-state index contributed by atoms with van der Waals surface area (Å²) in [6.07, 6.45) is 1.27. The van der Waals surface area contributed by atoms with Gasteiger partial charge in [-0.25, -0.2) is 4.98 Å². The Balaban J connectivity index is 1.81. The van der Waals surface area contributed by atoms with Crippen LogP contribution in [0.25, 0.3) is 0 Å². The molecule has 0 radical (unpaired) electrons. The number of anilines is 1. The van der Waals surface area contributed by atoms with Gasteiger partial charge in [-0.15, -0.1) is 0 Å². The third-order valence-corrected chi connectivity index (χ3v) is 5.83. The van der Waals surface area contributed by atoms with Crippen LogP contribution < -0.4 is 15.4 Å². The topological polar surface area (TPSA) is 80.3 Å². The van der Waals surface area contributed by atoms with Crippen LogP contribution in [0.3, 0.4) is 0 Å². The number of ether oxygens (including phenoxy) is 1. The Morgan fingerprint density at radius 3 is 2.68 bits per heavy atom. The van der Waals surface area contributed by atoms with Gasteiger partial charge in [0.25, 0.3) is 5.91 Å². The molecular formula is C25H27N3O3. The number of amides is 1. The van der Waals surface area contributed by atoms with Crippen molar-refractivity contribution >= 4 is 17.5 Å². The average molecular weight is 418 g/mol. The molecule has 0 fully saturated rings. The van der Waals surface area contributed by atoms with E-state index in [2.05, 4.69) is 22.5 Å². The van der Waals surface area contributed by atoms with E-state index in [1.807, 2.05) is 50.2 Å². The highest BCUT2D eigenvalue weighted by Crippen LogP contribution is 2.44. The molecule has 2 N–H and O–H groups in total. The second-order valence-corrected chi connectivity index (χ2v) is 8.32. The zero-order valence-electron chi connectivity index (χ0n) is 18.3.